The van der Waals surface area contributed by atoms with Gasteiger partial charge >= 0.3 is 0 Å². The molecule has 4 rings (SSSR count). The minimum absolute atomic E-state index is 0.0926. The van der Waals surface area contributed by atoms with Gasteiger partial charge in [0.05, 0.1) is 5.69 Å². The number of carbonyl (C=O) groups excluding carboxylic acids is 2. The van der Waals surface area contributed by atoms with Gasteiger partial charge in [-0.2, -0.15) is 4.98 Å². The van der Waals surface area contributed by atoms with Crippen molar-refractivity contribution in [3.05, 3.63) is 22.3 Å². The summed E-state index contributed by atoms with van der Waals surface area (Å²) in [6.45, 7) is 3.39. The minimum Gasteiger partial charge on any atom is -0.343 e. The zero-order valence-electron chi connectivity index (χ0n) is 18.2. The van der Waals surface area contributed by atoms with E-state index in [1.54, 1.807) is 11.3 Å². The van der Waals surface area contributed by atoms with E-state index in [1.807, 2.05) is 0 Å². The maximum Gasteiger partial charge on any atom is 0.227 e. The summed E-state index contributed by atoms with van der Waals surface area (Å²) in [7, 11) is 2.09. The monoisotopic (exact) mass is 446 g/mol. The molecule has 2 aliphatic rings. The molecule has 0 bridgehead atoms. The van der Waals surface area contributed by atoms with Crippen LogP contribution in [0, 0.1) is 0 Å². The van der Waals surface area contributed by atoms with Crippen LogP contribution in [0.15, 0.2) is 4.52 Å². The van der Waals surface area contributed by atoms with Crippen molar-refractivity contribution in [2.75, 3.05) is 18.9 Å². The van der Waals surface area contributed by atoms with E-state index >= 15 is 0 Å². The number of nitrogens with zero attached hydrogens (tertiary/aromatic N) is 4. The van der Waals surface area contributed by atoms with Gasteiger partial charge < -0.3 is 20.1 Å². The highest BCUT2D eigenvalue weighted by molar-refractivity contribution is 7.15. The van der Waals surface area contributed by atoms with Gasteiger partial charge in [0.1, 0.15) is 5.54 Å². The Morgan fingerprint density at radius 2 is 1.97 bits per heavy atom. The third-order valence-corrected chi connectivity index (χ3v) is 7.00. The van der Waals surface area contributed by atoms with Gasteiger partial charge in [0.2, 0.25) is 17.7 Å². The Balaban J connectivity index is 1.36. The molecule has 1 saturated carbocycles. The molecule has 0 radical (unpaired) electrons. The Kier molecular flexibility index (Phi) is 6.66. The summed E-state index contributed by atoms with van der Waals surface area (Å²) in [6.07, 6.45) is 7.41. The number of likely N-dealkylation sites (N-methyl/N-ethyl adjacent to an activating group) is 1. The van der Waals surface area contributed by atoms with Crippen molar-refractivity contribution < 1.29 is 14.1 Å². The van der Waals surface area contributed by atoms with Crippen molar-refractivity contribution >= 4 is 28.3 Å². The van der Waals surface area contributed by atoms with E-state index in [2.05, 4.69) is 37.7 Å². The Labute approximate surface area is 186 Å². The number of hydrogen-bond acceptors (Lipinski definition) is 8. The smallest absolute Gasteiger partial charge is 0.227 e. The predicted molar refractivity (Wildman–Crippen MR) is 117 cm³/mol. The first kappa shape index (κ1) is 21.9. The van der Waals surface area contributed by atoms with Crippen LogP contribution in [-0.2, 0) is 34.5 Å². The fraction of sp³-hybridized carbons (Fsp3) is 0.667. The molecule has 0 spiro atoms. The van der Waals surface area contributed by atoms with Gasteiger partial charge in [0, 0.05) is 44.2 Å². The number of aryl methyl sites for hydroxylation is 1. The highest BCUT2D eigenvalue weighted by atomic mass is 32.1. The summed E-state index contributed by atoms with van der Waals surface area (Å²) < 4.78 is 5.43. The molecule has 168 valence electrons. The van der Waals surface area contributed by atoms with E-state index < -0.39 is 5.54 Å². The van der Waals surface area contributed by atoms with Gasteiger partial charge in [0.15, 0.2) is 11.0 Å². The quantitative estimate of drug-likeness (QED) is 0.656. The number of anilines is 1. The van der Waals surface area contributed by atoms with Gasteiger partial charge in [-0.25, -0.2) is 4.98 Å². The molecule has 2 amide bonds. The summed E-state index contributed by atoms with van der Waals surface area (Å²) in [5.41, 5.74) is 0.519. The molecule has 2 aromatic heterocycles. The second-order valence-electron chi connectivity index (χ2n) is 8.61. The van der Waals surface area contributed by atoms with E-state index in [9.17, 15) is 9.59 Å². The van der Waals surface area contributed by atoms with E-state index in [-0.39, 0.29) is 18.2 Å². The highest BCUT2D eigenvalue weighted by Crippen LogP contribution is 2.34. The maximum absolute atomic E-state index is 12.4. The van der Waals surface area contributed by atoms with E-state index in [1.165, 1.54) is 11.8 Å². The molecule has 10 heteroatoms. The number of nitrogens with one attached hydrogen (secondary N) is 2. The molecular weight excluding hydrogens is 416 g/mol. The molecule has 2 N–H and O–H groups in total. The van der Waals surface area contributed by atoms with Crippen molar-refractivity contribution in [2.45, 2.75) is 76.8 Å². The van der Waals surface area contributed by atoms with Gasteiger partial charge in [-0.05, 0) is 19.9 Å². The summed E-state index contributed by atoms with van der Waals surface area (Å²) in [5.74, 6) is 0.728. The number of carbonyl (C=O) groups is 2. The third kappa shape index (κ3) is 5.30. The highest BCUT2D eigenvalue weighted by Gasteiger charge is 2.38. The number of aromatic nitrogens is 3. The van der Waals surface area contributed by atoms with Crippen LogP contribution in [0.1, 0.15) is 74.2 Å². The summed E-state index contributed by atoms with van der Waals surface area (Å²) in [4.78, 5) is 36.8. The molecule has 1 fully saturated rings. The molecule has 0 unspecified atom stereocenters. The maximum atomic E-state index is 12.4. The first-order chi connectivity index (χ1) is 14.9. The predicted octanol–water partition coefficient (Wildman–Crippen LogP) is 2.77. The van der Waals surface area contributed by atoms with Crippen molar-refractivity contribution in [3.8, 4) is 0 Å². The third-order valence-electron chi connectivity index (χ3n) is 6.00. The van der Waals surface area contributed by atoms with Crippen LogP contribution < -0.4 is 10.6 Å². The van der Waals surface area contributed by atoms with E-state index in [0.29, 0.717) is 23.3 Å². The van der Waals surface area contributed by atoms with Crippen LogP contribution in [0.5, 0.6) is 0 Å². The number of fused-ring (bicyclic) bond motifs is 1. The average Bonchev–Trinajstić information content (AvgIpc) is 3.28. The van der Waals surface area contributed by atoms with E-state index in [0.717, 1.165) is 63.7 Å². The van der Waals surface area contributed by atoms with E-state index in [4.69, 9.17) is 4.52 Å². The molecule has 0 aromatic carbocycles. The van der Waals surface area contributed by atoms with Crippen LogP contribution in [0.25, 0.3) is 0 Å². The van der Waals surface area contributed by atoms with Crippen molar-refractivity contribution in [1.82, 2.24) is 25.3 Å². The molecule has 2 aromatic rings. The summed E-state index contributed by atoms with van der Waals surface area (Å²) in [5, 5.41) is 10.8. The summed E-state index contributed by atoms with van der Waals surface area (Å²) in [6, 6.07) is 0. The fourth-order valence-corrected chi connectivity index (χ4v) is 5.51. The van der Waals surface area contributed by atoms with Crippen LogP contribution in [0.4, 0.5) is 5.13 Å². The van der Waals surface area contributed by atoms with Crippen LogP contribution in [0.2, 0.25) is 0 Å². The normalized spacial score (nSPS) is 18.8. The fourth-order valence-electron chi connectivity index (χ4n) is 4.40. The lowest BCUT2D eigenvalue weighted by Crippen LogP contribution is -2.45. The van der Waals surface area contributed by atoms with Gasteiger partial charge in [-0.15, -0.1) is 11.3 Å². The largest absolute Gasteiger partial charge is 0.343 e. The van der Waals surface area contributed by atoms with Crippen molar-refractivity contribution in [1.29, 1.82) is 0 Å². The lowest BCUT2D eigenvalue weighted by Gasteiger charge is -2.30. The standard InChI is InChI=1S/C21H30N6O3S/c1-14(28)25-21(10-5-3-4-6-11-21)19-24-18(30-26-19)8-7-17(29)23-20-22-15-9-12-27(2)13-16(15)31-20/h3-13H2,1-2H3,(H,25,28)(H,22,23,29). The second kappa shape index (κ2) is 9.44. The second-order valence-corrected chi connectivity index (χ2v) is 9.70. The topological polar surface area (TPSA) is 113 Å². The molecule has 1 aliphatic carbocycles. The number of hydrogen-bond donors (Lipinski definition) is 2. The number of thiazole rings is 1. The van der Waals surface area contributed by atoms with Gasteiger partial charge in [0.25, 0.3) is 0 Å². The molecule has 31 heavy (non-hydrogen) atoms. The van der Waals surface area contributed by atoms with Crippen LogP contribution in [-0.4, -0.2) is 45.4 Å². The first-order valence-electron chi connectivity index (χ1n) is 11.0. The molecule has 0 atom stereocenters. The van der Waals surface area contributed by atoms with Gasteiger partial charge in [-0.1, -0.05) is 30.8 Å². The Morgan fingerprint density at radius 3 is 2.71 bits per heavy atom. The zero-order valence-corrected chi connectivity index (χ0v) is 19.0. The van der Waals surface area contributed by atoms with Crippen LogP contribution >= 0.6 is 11.3 Å². The van der Waals surface area contributed by atoms with Crippen molar-refractivity contribution in [3.63, 3.8) is 0 Å². The lowest BCUT2D eigenvalue weighted by molar-refractivity contribution is -0.121. The molecule has 0 saturated heterocycles. The van der Waals surface area contributed by atoms with Crippen molar-refractivity contribution in [2.24, 2.45) is 0 Å². The van der Waals surface area contributed by atoms with Gasteiger partial charge in [-0.3, -0.25) is 9.59 Å². The first-order valence-corrected chi connectivity index (χ1v) is 11.8. The van der Waals surface area contributed by atoms with Crippen LogP contribution in [0.3, 0.4) is 0 Å². The minimum atomic E-state index is -0.570. The molecule has 9 nitrogen and oxygen atoms in total. The zero-order chi connectivity index (χ0) is 21.8. The average molecular weight is 447 g/mol. The Bertz CT molecular complexity index is 931. The SMILES string of the molecule is CC(=O)NC1(c2noc(CCC(=O)Nc3nc4c(s3)CN(C)CC4)n2)CCCCCC1. The molecular formula is C21H30N6O3S. The molecule has 3 heterocycles. The lowest BCUT2D eigenvalue weighted by atomic mass is 9.89. The Hall–Kier alpha value is -2.33. The summed E-state index contributed by atoms with van der Waals surface area (Å²) >= 11 is 1.54. The molecule has 1 aliphatic heterocycles. The number of amides is 2. The Morgan fingerprint density at radius 1 is 1.19 bits per heavy atom. The number of rotatable bonds is 6.